The zero-order valence-electron chi connectivity index (χ0n) is 13.9. The molecular weight excluding hydrogens is 294 g/mol. The van der Waals surface area contributed by atoms with Crippen LogP contribution in [0.5, 0.6) is 0 Å². The fourth-order valence-electron chi connectivity index (χ4n) is 2.32. The summed E-state index contributed by atoms with van der Waals surface area (Å²) in [5, 5.41) is 4.67. The maximum Gasteiger partial charge on any atom is 0.151 e. The molecule has 120 valence electrons. The second-order valence-corrected chi connectivity index (χ2v) is 7.84. The van der Waals surface area contributed by atoms with Crippen molar-refractivity contribution in [3.63, 3.8) is 0 Å². The number of benzene rings is 1. The average molecular weight is 319 g/mol. The summed E-state index contributed by atoms with van der Waals surface area (Å²) in [6.07, 6.45) is 1.56. The van der Waals surface area contributed by atoms with Crippen LogP contribution in [-0.2, 0) is 23.6 Å². The van der Waals surface area contributed by atoms with E-state index >= 15 is 0 Å². The van der Waals surface area contributed by atoms with Gasteiger partial charge in [-0.2, -0.15) is 5.10 Å². The first kappa shape index (κ1) is 16.9. The number of nitrogens with zero attached hydrogens (tertiary/aromatic N) is 3. The molecular formula is C17H25N3OS. The molecule has 2 rings (SSSR count). The van der Waals surface area contributed by atoms with Crippen molar-refractivity contribution in [2.45, 2.75) is 40.5 Å². The summed E-state index contributed by atoms with van der Waals surface area (Å²) < 4.78 is 13.6. The molecule has 0 saturated heterocycles. The molecule has 1 aromatic carbocycles. The monoisotopic (exact) mass is 319 g/mol. The van der Waals surface area contributed by atoms with E-state index in [0.717, 1.165) is 23.8 Å². The van der Waals surface area contributed by atoms with E-state index in [2.05, 4.69) is 43.0 Å². The lowest BCUT2D eigenvalue weighted by molar-refractivity contribution is 0.618. The Labute approximate surface area is 135 Å². The molecule has 5 heteroatoms. The zero-order chi connectivity index (χ0) is 16.1. The van der Waals surface area contributed by atoms with Gasteiger partial charge in [0.25, 0.3) is 0 Å². The molecule has 0 saturated carbocycles. The second-order valence-electron chi connectivity index (χ2n) is 5.98. The maximum absolute atomic E-state index is 11.7. The second kappa shape index (κ2) is 7.68. The third kappa shape index (κ3) is 4.50. The topological polar surface area (TPSA) is 47.8 Å². The van der Waals surface area contributed by atoms with Crippen LogP contribution in [-0.4, -0.2) is 30.5 Å². The molecule has 4 nitrogen and oxygen atoms in total. The predicted molar refractivity (Wildman–Crippen MR) is 91.9 cm³/mol. The van der Waals surface area contributed by atoms with Crippen molar-refractivity contribution in [3.8, 4) is 5.69 Å². The predicted octanol–water partition coefficient (Wildman–Crippen LogP) is 3.09. The highest BCUT2D eigenvalue weighted by molar-refractivity contribution is 7.84. The van der Waals surface area contributed by atoms with Crippen molar-refractivity contribution < 1.29 is 4.21 Å². The number of hydrogen-bond acceptors (Lipinski definition) is 3. The lowest BCUT2D eigenvalue weighted by Crippen LogP contribution is -2.09. The molecule has 0 aliphatic heterocycles. The van der Waals surface area contributed by atoms with E-state index in [-0.39, 0.29) is 0 Å². The van der Waals surface area contributed by atoms with E-state index in [9.17, 15) is 4.21 Å². The number of aromatic nitrogens is 3. The normalized spacial score (nSPS) is 12.8. The molecule has 0 unspecified atom stereocenters. The molecule has 1 atom stereocenters. The Hall–Kier alpha value is -1.49. The van der Waals surface area contributed by atoms with Gasteiger partial charge < -0.3 is 0 Å². The van der Waals surface area contributed by atoms with Crippen LogP contribution in [0.15, 0.2) is 24.3 Å². The Morgan fingerprint density at radius 1 is 1.32 bits per heavy atom. The van der Waals surface area contributed by atoms with Gasteiger partial charge in [-0.15, -0.1) is 0 Å². The van der Waals surface area contributed by atoms with Gasteiger partial charge in [-0.3, -0.25) is 4.21 Å². The van der Waals surface area contributed by atoms with Gasteiger partial charge in [0, 0.05) is 35.1 Å². The maximum atomic E-state index is 11.7. The van der Waals surface area contributed by atoms with Gasteiger partial charge in [-0.1, -0.05) is 32.9 Å². The summed E-state index contributed by atoms with van der Waals surface area (Å²) in [5.41, 5.74) is 2.22. The van der Waals surface area contributed by atoms with Crippen molar-refractivity contribution in [2.24, 2.45) is 5.92 Å². The summed E-state index contributed by atoms with van der Waals surface area (Å²) in [6.45, 7) is 8.35. The van der Waals surface area contributed by atoms with Gasteiger partial charge in [0.05, 0.1) is 5.69 Å². The number of aryl methyl sites for hydroxylation is 2. The van der Waals surface area contributed by atoms with Crippen LogP contribution < -0.4 is 0 Å². The molecule has 22 heavy (non-hydrogen) atoms. The molecule has 0 fully saturated rings. The molecule has 0 bridgehead atoms. The van der Waals surface area contributed by atoms with Crippen molar-refractivity contribution in [1.82, 2.24) is 14.8 Å². The van der Waals surface area contributed by atoms with Crippen LogP contribution in [0, 0.1) is 12.8 Å². The first-order valence-electron chi connectivity index (χ1n) is 7.86. The third-order valence-electron chi connectivity index (χ3n) is 3.43. The molecule has 0 amide bonds. The third-order valence-corrected chi connectivity index (χ3v) is 4.73. The average Bonchev–Trinajstić information content (AvgIpc) is 2.86. The first-order chi connectivity index (χ1) is 10.5. The quantitative estimate of drug-likeness (QED) is 0.788. The summed E-state index contributed by atoms with van der Waals surface area (Å²) in [6, 6.07) is 8.25. The Kier molecular flexibility index (Phi) is 5.89. The van der Waals surface area contributed by atoms with Crippen LogP contribution in [0.25, 0.3) is 5.69 Å². The van der Waals surface area contributed by atoms with Gasteiger partial charge >= 0.3 is 0 Å². The Morgan fingerprint density at radius 3 is 2.73 bits per heavy atom. The minimum absolute atomic E-state index is 0.519. The van der Waals surface area contributed by atoms with E-state index in [4.69, 9.17) is 0 Å². The highest BCUT2D eigenvalue weighted by Crippen LogP contribution is 2.14. The van der Waals surface area contributed by atoms with Gasteiger partial charge in [0.1, 0.15) is 5.82 Å². The molecule has 0 spiro atoms. The Balaban J connectivity index is 2.32. The summed E-state index contributed by atoms with van der Waals surface area (Å²) >= 11 is 0. The first-order valence-corrected chi connectivity index (χ1v) is 9.35. The summed E-state index contributed by atoms with van der Waals surface area (Å²) in [7, 11) is -0.779. The van der Waals surface area contributed by atoms with Gasteiger partial charge in [0.2, 0.25) is 0 Å². The minimum Gasteiger partial charge on any atom is -0.260 e. The van der Waals surface area contributed by atoms with Crippen molar-refractivity contribution in [2.75, 3.05) is 11.5 Å². The lowest BCUT2D eigenvalue weighted by atomic mass is 10.1. The SMILES string of the molecule is CC[S@@](=O)CCc1nc(CC(C)C)nn1-c1cccc(C)c1. The van der Waals surface area contributed by atoms with Gasteiger partial charge in [0.15, 0.2) is 5.82 Å². The fraction of sp³-hybridized carbons (Fsp3) is 0.529. The van der Waals surface area contributed by atoms with Crippen molar-refractivity contribution in [3.05, 3.63) is 41.5 Å². The van der Waals surface area contributed by atoms with Crippen molar-refractivity contribution >= 4 is 10.8 Å². The summed E-state index contributed by atoms with van der Waals surface area (Å²) in [5.74, 6) is 3.63. The standard InChI is InChI=1S/C17H25N3OS/c1-5-22(21)10-9-17-18-16(11-13(2)3)19-20(17)15-8-6-7-14(4)12-15/h6-8,12-13H,5,9-11H2,1-4H3/t22-/m1/s1. The number of rotatable bonds is 7. The largest absolute Gasteiger partial charge is 0.260 e. The Morgan fingerprint density at radius 2 is 2.09 bits per heavy atom. The van der Waals surface area contributed by atoms with Crippen molar-refractivity contribution in [1.29, 1.82) is 0 Å². The molecule has 0 N–H and O–H groups in total. The van der Waals surface area contributed by atoms with E-state index in [1.165, 1.54) is 5.56 Å². The zero-order valence-corrected chi connectivity index (χ0v) is 14.7. The van der Waals surface area contributed by atoms with Crippen LogP contribution in [0.2, 0.25) is 0 Å². The highest BCUT2D eigenvalue weighted by atomic mass is 32.2. The number of hydrogen-bond donors (Lipinski definition) is 0. The Bertz CT molecular complexity index is 649. The van der Waals surface area contributed by atoms with Crippen LogP contribution in [0.4, 0.5) is 0 Å². The van der Waals surface area contributed by atoms with Crippen LogP contribution in [0.3, 0.4) is 0 Å². The smallest absolute Gasteiger partial charge is 0.151 e. The molecule has 1 aromatic heterocycles. The van der Waals surface area contributed by atoms with E-state index in [1.807, 2.05) is 23.7 Å². The lowest BCUT2D eigenvalue weighted by Gasteiger charge is -2.06. The fourth-order valence-corrected chi connectivity index (χ4v) is 3.02. The minimum atomic E-state index is -0.779. The summed E-state index contributed by atoms with van der Waals surface area (Å²) in [4.78, 5) is 4.68. The van der Waals surface area contributed by atoms with E-state index in [0.29, 0.717) is 23.8 Å². The van der Waals surface area contributed by atoms with Crippen LogP contribution >= 0.6 is 0 Å². The van der Waals surface area contributed by atoms with Gasteiger partial charge in [-0.25, -0.2) is 9.67 Å². The molecule has 0 radical (unpaired) electrons. The highest BCUT2D eigenvalue weighted by Gasteiger charge is 2.13. The van der Waals surface area contributed by atoms with Crippen LogP contribution in [0.1, 0.15) is 38.0 Å². The molecule has 1 heterocycles. The van der Waals surface area contributed by atoms with E-state index in [1.54, 1.807) is 0 Å². The van der Waals surface area contributed by atoms with E-state index < -0.39 is 10.8 Å². The molecule has 0 aliphatic carbocycles. The molecule has 2 aromatic rings. The van der Waals surface area contributed by atoms with Gasteiger partial charge in [-0.05, 0) is 30.5 Å². The molecule has 0 aliphatic rings.